The number of benzene rings is 1. The van der Waals surface area contributed by atoms with Crippen molar-refractivity contribution in [2.75, 3.05) is 21.2 Å². The number of hydrogen-bond acceptors (Lipinski definition) is 2. The lowest BCUT2D eigenvalue weighted by molar-refractivity contribution is -0.00261. The summed E-state index contributed by atoms with van der Waals surface area (Å²) < 4.78 is 5.34. The van der Waals surface area contributed by atoms with Crippen LogP contribution >= 0.6 is 0 Å². The van der Waals surface area contributed by atoms with Crippen molar-refractivity contribution < 1.29 is 4.74 Å². The molecule has 0 spiro atoms. The molecule has 0 aromatic heterocycles. The minimum atomic E-state index is 0.169. The maximum atomic E-state index is 5.34. The SMILES string of the molecule is COC(Cc1ccccc1)N(C)C. The molecule has 0 saturated heterocycles. The van der Waals surface area contributed by atoms with Crippen molar-refractivity contribution in [1.29, 1.82) is 0 Å². The van der Waals surface area contributed by atoms with Crippen molar-refractivity contribution in [2.24, 2.45) is 0 Å². The van der Waals surface area contributed by atoms with Crippen molar-refractivity contribution in [1.82, 2.24) is 4.90 Å². The largest absolute Gasteiger partial charge is 0.366 e. The summed E-state index contributed by atoms with van der Waals surface area (Å²) in [4.78, 5) is 2.08. The van der Waals surface area contributed by atoms with Crippen molar-refractivity contribution in [2.45, 2.75) is 12.6 Å². The highest BCUT2D eigenvalue weighted by Gasteiger charge is 2.09. The van der Waals surface area contributed by atoms with Crippen LogP contribution in [-0.4, -0.2) is 32.3 Å². The van der Waals surface area contributed by atoms with Gasteiger partial charge in [0.1, 0.15) is 6.23 Å². The van der Waals surface area contributed by atoms with E-state index in [1.807, 2.05) is 20.2 Å². The molecule has 0 aliphatic rings. The quantitative estimate of drug-likeness (QED) is 0.653. The summed E-state index contributed by atoms with van der Waals surface area (Å²) in [6.45, 7) is 0. The van der Waals surface area contributed by atoms with Crippen LogP contribution in [0.1, 0.15) is 5.56 Å². The molecule has 72 valence electrons. The van der Waals surface area contributed by atoms with Gasteiger partial charge in [0.05, 0.1) is 0 Å². The summed E-state index contributed by atoms with van der Waals surface area (Å²) in [6.07, 6.45) is 1.10. The first-order valence-corrected chi connectivity index (χ1v) is 4.47. The molecule has 1 atom stereocenters. The molecule has 0 radical (unpaired) electrons. The molecule has 0 saturated carbocycles. The highest BCUT2D eigenvalue weighted by atomic mass is 16.5. The van der Waals surface area contributed by atoms with E-state index in [2.05, 4.69) is 29.2 Å². The van der Waals surface area contributed by atoms with E-state index in [1.165, 1.54) is 5.56 Å². The predicted molar refractivity (Wildman–Crippen MR) is 54.6 cm³/mol. The molecule has 1 unspecified atom stereocenters. The zero-order valence-electron chi connectivity index (χ0n) is 8.53. The van der Waals surface area contributed by atoms with E-state index in [-0.39, 0.29) is 6.23 Å². The molecule has 13 heavy (non-hydrogen) atoms. The Balaban J connectivity index is 2.57. The van der Waals surface area contributed by atoms with Gasteiger partial charge in [-0.15, -0.1) is 0 Å². The van der Waals surface area contributed by atoms with Crippen LogP contribution in [0.4, 0.5) is 0 Å². The Kier molecular flexibility index (Phi) is 3.93. The van der Waals surface area contributed by atoms with Crippen LogP contribution < -0.4 is 0 Å². The smallest absolute Gasteiger partial charge is 0.113 e. The van der Waals surface area contributed by atoms with Crippen LogP contribution in [0.2, 0.25) is 0 Å². The minimum absolute atomic E-state index is 0.169. The minimum Gasteiger partial charge on any atom is -0.366 e. The Morgan fingerprint density at radius 2 is 1.85 bits per heavy atom. The van der Waals surface area contributed by atoms with Crippen LogP contribution in [-0.2, 0) is 11.2 Å². The molecule has 0 amide bonds. The summed E-state index contributed by atoms with van der Waals surface area (Å²) >= 11 is 0. The average molecular weight is 179 g/mol. The fourth-order valence-electron chi connectivity index (χ4n) is 1.29. The fraction of sp³-hybridized carbons (Fsp3) is 0.455. The molecule has 0 aliphatic heterocycles. The van der Waals surface area contributed by atoms with E-state index in [9.17, 15) is 0 Å². The summed E-state index contributed by atoms with van der Waals surface area (Å²) in [5, 5.41) is 0. The normalized spacial score (nSPS) is 13.2. The molecule has 1 aromatic carbocycles. The zero-order valence-corrected chi connectivity index (χ0v) is 8.53. The number of methoxy groups -OCH3 is 1. The monoisotopic (exact) mass is 179 g/mol. The van der Waals surface area contributed by atoms with E-state index in [4.69, 9.17) is 4.74 Å². The molecule has 0 bridgehead atoms. The summed E-state index contributed by atoms with van der Waals surface area (Å²) in [5.74, 6) is 0. The molecular formula is C11H17NO. The van der Waals surface area contributed by atoms with Gasteiger partial charge in [0.2, 0.25) is 0 Å². The topological polar surface area (TPSA) is 12.5 Å². The van der Waals surface area contributed by atoms with E-state index in [0.717, 1.165) is 6.42 Å². The second kappa shape index (κ2) is 5.00. The van der Waals surface area contributed by atoms with Crippen molar-refractivity contribution >= 4 is 0 Å². The van der Waals surface area contributed by atoms with Crippen molar-refractivity contribution in [3.8, 4) is 0 Å². The number of ether oxygens (including phenoxy) is 1. The highest BCUT2D eigenvalue weighted by molar-refractivity contribution is 5.15. The molecule has 1 aromatic rings. The Bertz CT molecular complexity index is 233. The van der Waals surface area contributed by atoms with Gasteiger partial charge in [0.15, 0.2) is 0 Å². The number of likely N-dealkylation sites (N-methyl/N-ethyl adjacent to an activating group) is 1. The van der Waals surface area contributed by atoms with Crippen LogP contribution in [0, 0.1) is 0 Å². The first kappa shape index (κ1) is 10.2. The standard InChI is InChI=1S/C11H17NO/c1-12(2)11(13-3)9-10-7-5-4-6-8-10/h4-8,11H,9H2,1-3H3. The van der Waals surface area contributed by atoms with Gasteiger partial charge in [0, 0.05) is 13.5 Å². The molecule has 1 rings (SSSR count). The second-order valence-corrected chi connectivity index (χ2v) is 3.34. The first-order valence-electron chi connectivity index (χ1n) is 4.47. The van der Waals surface area contributed by atoms with Gasteiger partial charge in [-0.1, -0.05) is 30.3 Å². The number of rotatable bonds is 4. The lowest BCUT2D eigenvalue weighted by atomic mass is 10.1. The Hall–Kier alpha value is -0.860. The molecule has 2 nitrogen and oxygen atoms in total. The highest BCUT2D eigenvalue weighted by Crippen LogP contribution is 2.06. The molecule has 0 N–H and O–H groups in total. The zero-order chi connectivity index (χ0) is 9.68. The molecule has 2 heteroatoms. The lowest BCUT2D eigenvalue weighted by Crippen LogP contribution is -2.31. The first-order chi connectivity index (χ1) is 6.24. The van der Waals surface area contributed by atoms with E-state index >= 15 is 0 Å². The predicted octanol–water partition coefficient (Wildman–Crippen LogP) is 1.76. The van der Waals surface area contributed by atoms with Gasteiger partial charge in [-0.2, -0.15) is 0 Å². The fourth-order valence-corrected chi connectivity index (χ4v) is 1.29. The van der Waals surface area contributed by atoms with Gasteiger partial charge in [0.25, 0.3) is 0 Å². The van der Waals surface area contributed by atoms with E-state index in [1.54, 1.807) is 7.11 Å². The molecular weight excluding hydrogens is 162 g/mol. The van der Waals surface area contributed by atoms with Crippen LogP contribution in [0.5, 0.6) is 0 Å². The van der Waals surface area contributed by atoms with Crippen LogP contribution in [0.25, 0.3) is 0 Å². The van der Waals surface area contributed by atoms with Crippen molar-refractivity contribution in [3.05, 3.63) is 35.9 Å². The molecule has 0 fully saturated rings. The van der Waals surface area contributed by atoms with Gasteiger partial charge >= 0.3 is 0 Å². The third-order valence-electron chi connectivity index (χ3n) is 2.10. The Morgan fingerprint density at radius 3 is 2.31 bits per heavy atom. The lowest BCUT2D eigenvalue weighted by Gasteiger charge is -2.22. The average Bonchev–Trinajstić information content (AvgIpc) is 2.15. The van der Waals surface area contributed by atoms with Gasteiger partial charge < -0.3 is 4.74 Å². The third kappa shape index (κ3) is 3.17. The van der Waals surface area contributed by atoms with Gasteiger partial charge in [-0.3, -0.25) is 4.90 Å². The van der Waals surface area contributed by atoms with Gasteiger partial charge in [-0.25, -0.2) is 0 Å². The third-order valence-corrected chi connectivity index (χ3v) is 2.10. The van der Waals surface area contributed by atoms with Crippen LogP contribution in [0.15, 0.2) is 30.3 Å². The van der Waals surface area contributed by atoms with Crippen molar-refractivity contribution in [3.63, 3.8) is 0 Å². The number of nitrogens with zero attached hydrogens (tertiary/aromatic N) is 1. The molecule has 0 heterocycles. The maximum Gasteiger partial charge on any atom is 0.113 e. The van der Waals surface area contributed by atoms with Gasteiger partial charge in [-0.05, 0) is 19.7 Å². The Morgan fingerprint density at radius 1 is 1.23 bits per heavy atom. The van der Waals surface area contributed by atoms with E-state index < -0.39 is 0 Å². The maximum absolute atomic E-state index is 5.34. The molecule has 0 aliphatic carbocycles. The summed E-state index contributed by atoms with van der Waals surface area (Å²) in [7, 11) is 5.79. The Labute approximate surface area is 80.1 Å². The number of hydrogen-bond donors (Lipinski definition) is 0. The van der Waals surface area contributed by atoms with Crippen LogP contribution in [0.3, 0.4) is 0 Å². The second-order valence-electron chi connectivity index (χ2n) is 3.34. The summed E-state index contributed by atoms with van der Waals surface area (Å²) in [5.41, 5.74) is 1.31. The summed E-state index contributed by atoms with van der Waals surface area (Å²) in [6, 6.07) is 10.4. The van der Waals surface area contributed by atoms with E-state index in [0.29, 0.717) is 0 Å².